The highest BCUT2D eigenvalue weighted by Crippen LogP contribution is 2.36. The lowest BCUT2D eigenvalue weighted by atomic mass is 9.89. The number of amides is 1. The number of methoxy groups -OCH3 is 1. The Kier molecular flexibility index (Phi) is 5.19. The molecule has 0 radical (unpaired) electrons. The number of ether oxygens (including phenoxy) is 2. The van der Waals surface area contributed by atoms with E-state index in [0.717, 1.165) is 54.3 Å². The van der Waals surface area contributed by atoms with Gasteiger partial charge in [-0.05, 0) is 31.4 Å². The third-order valence-electron chi connectivity index (χ3n) is 6.98. The van der Waals surface area contributed by atoms with Gasteiger partial charge in [0, 0.05) is 50.4 Å². The van der Waals surface area contributed by atoms with E-state index in [1.807, 2.05) is 25.4 Å². The van der Waals surface area contributed by atoms with Crippen molar-refractivity contribution in [3.8, 4) is 22.6 Å². The molecule has 10 heteroatoms. The molecular formula is C24H27N7O3. The second kappa shape index (κ2) is 8.37. The number of carbonyl (C=O) groups is 1. The molecule has 6 rings (SSSR count). The SMILES string of the molecule is CNc1cc(-c2cnc3n([C@H]4CCOC4)cccc2-3)nc2c(C(=O)N[C@@H]3CC[C@H]3OC)cnn12. The van der Waals surface area contributed by atoms with E-state index in [2.05, 4.69) is 32.6 Å². The number of carbonyl (C=O) groups excluding carboxylic acids is 1. The molecule has 4 aliphatic rings. The normalized spacial score (nSPS) is 22.2. The molecule has 176 valence electrons. The summed E-state index contributed by atoms with van der Waals surface area (Å²) in [5.41, 5.74) is 3.58. The number of fused-ring (bicyclic) bond motifs is 2. The number of hydrogen-bond acceptors (Lipinski definition) is 7. The molecule has 5 heterocycles. The largest absolute Gasteiger partial charge is 0.379 e. The van der Waals surface area contributed by atoms with Crippen molar-refractivity contribution in [2.24, 2.45) is 0 Å². The molecule has 2 N–H and O–H groups in total. The van der Waals surface area contributed by atoms with Crippen LogP contribution >= 0.6 is 0 Å². The van der Waals surface area contributed by atoms with Crippen molar-refractivity contribution >= 4 is 17.4 Å². The number of hydrogen-bond donors (Lipinski definition) is 2. The van der Waals surface area contributed by atoms with Crippen LogP contribution in [0.15, 0.2) is 36.8 Å². The second-order valence-corrected chi connectivity index (χ2v) is 8.84. The van der Waals surface area contributed by atoms with Crippen LogP contribution in [0.5, 0.6) is 0 Å². The van der Waals surface area contributed by atoms with Crippen LogP contribution in [0.25, 0.3) is 28.3 Å². The zero-order valence-electron chi connectivity index (χ0n) is 19.2. The first-order valence-corrected chi connectivity index (χ1v) is 11.6. The van der Waals surface area contributed by atoms with E-state index < -0.39 is 0 Å². The van der Waals surface area contributed by atoms with E-state index in [-0.39, 0.29) is 24.1 Å². The van der Waals surface area contributed by atoms with Gasteiger partial charge in [-0.1, -0.05) is 0 Å². The Morgan fingerprint density at radius 3 is 2.88 bits per heavy atom. The first-order chi connectivity index (χ1) is 16.7. The Morgan fingerprint density at radius 1 is 1.24 bits per heavy atom. The maximum absolute atomic E-state index is 13.1. The second-order valence-electron chi connectivity index (χ2n) is 8.84. The Bertz CT molecular complexity index is 1320. The summed E-state index contributed by atoms with van der Waals surface area (Å²) in [6.45, 7) is 1.46. The van der Waals surface area contributed by atoms with Gasteiger partial charge >= 0.3 is 0 Å². The molecule has 1 amide bonds. The standard InChI is InChI=1S/C24H27N7O3/c1-25-21-10-19(16-11-26-22-15(16)4-3-8-30(22)14-7-9-34-13-14)28-23-17(12-27-31(21)23)24(32)29-18-5-6-20(18)33-2/h3-4,8,10-12,14,18,20,25H,5-7,9,13H2,1-2H3,(H,29,32)/t14-,18+,20+/m0/s1. The molecule has 34 heavy (non-hydrogen) atoms. The molecule has 2 aromatic rings. The Morgan fingerprint density at radius 2 is 2.15 bits per heavy atom. The Labute approximate surface area is 196 Å². The maximum atomic E-state index is 13.1. The average molecular weight is 462 g/mol. The fraction of sp³-hybridized carbons (Fsp3) is 0.417. The van der Waals surface area contributed by atoms with Crippen molar-refractivity contribution in [1.82, 2.24) is 29.5 Å². The molecule has 2 fully saturated rings. The monoisotopic (exact) mass is 461 g/mol. The minimum absolute atomic E-state index is 0.0117. The number of rotatable bonds is 6. The molecule has 0 spiro atoms. The Hall–Kier alpha value is -3.50. The van der Waals surface area contributed by atoms with Crippen molar-refractivity contribution in [1.29, 1.82) is 0 Å². The van der Waals surface area contributed by atoms with Gasteiger partial charge in [0.25, 0.3) is 5.91 Å². The summed E-state index contributed by atoms with van der Waals surface area (Å²) in [7, 11) is 3.50. The number of pyridine rings is 1. The van der Waals surface area contributed by atoms with Gasteiger partial charge in [-0.25, -0.2) is 9.97 Å². The van der Waals surface area contributed by atoms with E-state index >= 15 is 0 Å². The fourth-order valence-electron chi connectivity index (χ4n) is 4.90. The minimum Gasteiger partial charge on any atom is -0.379 e. The molecule has 1 aliphatic carbocycles. The van der Waals surface area contributed by atoms with Crippen molar-refractivity contribution in [3.63, 3.8) is 0 Å². The number of anilines is 1. The third-order valence-corrected chi connectivity index (χ3v) is 6.98. The van der Waals surface area contributed by atoms with Crippen LogP contribution < -0.4 is 10.6 Å². The summed E-state index contributed by atoms with van der Waals surface area (Å²) in [5, 5.41) is 10.7. The van der Waals surface area contributed by atoms with E-state index in [9.17, 15) is 4.79 Å². The molecular weight excluding hydrogens is 434 g/mol. The van der Waals surface area contributed by atoms with Gasteiger partial charge in [0.15, 0.2) is 5.65 Å². The highest BCUT2D eigenvalue weighted by atomic mass is 16.5. The quantitative estimate of drug-likeness (QED) is 0.454. The topological polar surface area (TPSA) is 108 Å². The summed E-state index contributed by atoms with van der Waals surface area (Å²) < 4.78 is 14.8. The number of nitrogens with one attached hydrogen (secondary N) is 2. The Balaban J connectivity index is 1.39. The lowest BCUT2D eigenvalue weighted by Crippen LogP contribution is -2.51. The van der Waals surface area contributed by atoms with E-state index in [0.29, 0.717) is 17.8 Å². The van der Waals surface area contributed by atoms with Gasteiger partial charge in [0.1, 0.15) is 17.2 Å². The molecule has 1 saturated heterocycles. The number of aromatic nitrogens is 5. The van der Waals surface area contributed by atoms with E-state index in [1.165, 1.54) is 0 Å². The summed E-state index contributed by atoms with van der Waals surface area (Å²) in [4.78, 5) is 22.7. The molecule has 0 aromatic carbocycles. The van der Waals surface area contributed by atoms with Crippen LogP contribution in [0.1, 0.15) is 35.7 Å². The van der Waals surface area contributed by atoms with Crippen LogP contribution in [-0.2, 0) is 9.47 Å². The minimum atomic E-state index is -0.196. The van der Waals surface area contributed by atoms with Crippen LogP contribution in [0.3, 0.4) is 0 Å². The molecule has 2 aromatic heterocycles. The summed E-state index contributed by atoms with van der Waals surface area (Å²) >= 11 is 0. The van der Waals surface area contributed by atoms with Crippen LogP contribution in [0.2, 0.25) is 0 Å². The highest BCUT2D eigenvalue weighted by molar-refractivity contribution is 6.00. The van der Waals surface area contributed by atoms with Crippen molar-refractivity contribution < 1.29 is 14.3 Å². The van der Waals surface area contributed by atoms with Crippen LogP contribution in [0.4, 0.5) is 5.82 Å². The number of nitrogens with zero attached hydrogens (tertiary/aromatic N) is 5. The fourth-order valence-corrected chi connectivity index (χ4v) is 4.90. The molecule has 1 saturated carbocycles. The van der Waals surface area contributed by atoms with Crippen molar-refractivity contribution in [2.45, 2.75) is 37.5 Å². The van der Waals surface area contributed by atoms with Crippen molar-refractivity contribution in [2.75, 3.05) is 32.7 Å². The van der Waals surface area contributed by atoms with Crippen LogP contribution in [0, 0.1) is 0 Å². The lowest BCUT2D eigenvalue weighted by Gasteiger charge is -2.35. The zero-order chi connectivity index (χ0) is 23.2. The smallest absolute Gasteiger partial charge is 0.257 e. The molecule has 0 bridgehead atoms. The molecule has 10 nitrogen and oxygen atoms in total. The third kappa shape index (κ3) is 3.33. The van der Waals surface area contributed by atoms with E-state index in [4.69, 9.17) is 19.4 Å². The summed E-state index contributed by atoms with van der Waals surface area (Å²) in [6.07, 6.45) is 8.36. The van der Waals surface area contributed by atoms with Gasteiger partial charge in [-0.3, -0.25) is 4.79 Å². The van der Waals surface area contributed by atoms with Gasteiger partial charge in [0.2, 0.25) is 0 Å². The van der Waals surface area contributed by atoms with Gasteiger partial charge in [0.05, 0.1) is 36.7 Å². The van der Waals surface area contributed by atoms with E-state index in [1.54, 1.807) is 17.8 Å². The van der Waals surface area contributed by atoms with Gasteiger partial charge in [-0.2, -0.15) is 9.61 Å². The van der Waals surface area contributed by atoms with Crippen LogP contribution in [-0.4, -0.2) is 69.6 Å². The van der Waals surface area contributed by atoms with Gasteiger partial charge < -0.3 is 24.7 Å². The predicted molar refractivity (Wildman–Crippen MR) is 126 cm³/mol. The molecule has 0 unspecified atom stereocenters. The van der Waals surface area contributed by atoms with Gasteiger partial charge in [-0.15, -0.1) is 0 Å². The molecule has 3 atom stereocenters. The lowest BCUT2D eigenvalue weighted by molar-refractivity contribution is 0.00732. The first-order valence-electron chi connectivity index (χ1n) is 11.6. The maximum Gasteiger partial charge on any atom is 0.257 e. The first kappa shape index (κ1) is 21.1. The highest BCUT2D eigenvalue weighted by Gasteiger charge is 2.33. The predicted octanol–water partition coefficient (Wildman–Crippen LogP) is 2.61. The molecule has 3 aliphatic heterocycles. The average Bonchev–Trinajstić information content (AvgIpc) is 3.60. The van der Waals surface area contributed by atoms with Crippen molar-refractivity contribution in [3.05, 3.63) is 42.4 Å². The zero-order valence-corrected chi connectivity index (χ0v) is 19.2. The summed E-state index contributed by atoms with van der Waals surface area (Å²) in [5.74, 6) is 1.44. The summed E-state index contributed by atoms with van der Waals surface area (Å²) in [6, 6.07) is 6.31.